The van der Waals surface area contributed by atoms with Gasteiger partial charge >= 0.3 is 17.8 Å². The molecule has 6 nitrogen and oxygen atoms in total. The Morgan fingerprint density at radius 1 is 0.810 bits per heavy atom. The summed E-state index contributed by atoms with van der Waals surface area (Å²) in [6.07, 6.45) is -0.790. The summed E-state index contributed by atoms with van der Waals surface area (Å²) in [5, 5.41) is 0. The third-order valence-corrected chi connectivity index (χ3v) is 3.32. The van der Waals surface area contributed by atoms with E-state index in [1.807, 2.05) is 6.07 Å². The summed E-state index contributed by atoms with van der Waals surface area (Å²) in [5.74, 6) is -2.25. The maximum absolute atomic E-state index is 11.3. The van der Waals surface area contributed by atoms with Gasteiger partial charge in [0.1, 0.15) is 0 Å². The van der Waals surface area contributed by atoms with Crippen molar-refractivity contribution in [3.05, 3.63) is 70.3 Å². The van der Waals surface area contributed by atoms with Crippen molar-refractivity contribution in [2.24, 2.45) is 0 Å². The average molecular weight is 284 g/mol. The molecule has 0 bridgehead atoms. The molecule has 0 radical (unpaired) electrons. The molecule has 0 N–H and O–H groups in total. The highest BCUT2D eigenvalue weighted by atomic mass is 16.9. The number of para-hydroxylation sites is 1. The van der Waals surface area contributed by atoms with Gasteiger partial charge in [0, 0.05) is 5.56 Å². The first-order chi connectivity index (χ1) is 10.2. The Hall–Kier alpha value is -3.02. The Morgan fingerprint density at radius 3 is 2.29 bits per heavy atom. The molecule has 0 spiro atoms. The van der Waals surface area contributed by atoms with Crippen LogP contribution in [0.4, 0.5) is 4.79 Å². The Balaban J connectivity index is 1.99. The van der Waals surface area contributed by atoms with E-state index in [0.717, 1.165) is 0 Å². The minimum Gasteiger partial charge on any atom is -0.391 e. The topological polar surface area (TPSA) is 78.9 Å². The Bertz CT molecular complexity index is 881. The van der Waals surface area contributed by atoms with E-state index in [9.17, 15) is 9.59 Å². The van der Waals surface area contributed by atoms with Gasteiger partial charge in [-0.15, -0.1) is 0 Å². The van der Waals surface area contributed by atoms with Gasteiger partial charge in [-0.05, 0) is 12.1 Å². The molecule has 0 saturated carbocycles. The van der Waals surface area contributed by atoms with E-state index in [4.69, 9.17) is 18.3 Å². The van der Waals surface area contributed by atoms with Crippen LogP contribution >= 0.6 is 0 Å². The number of hydrogen-bond acceptors (Lipinski definition) is 6. The predicted molar refractivity (Wildman–Crippen MR) is 69.5 cm³/mol. The van der Waals surface area contributed by atoms with Crippen LogP contribution in [-0.2, 0) is 15.3 Å². The van der Waals surface area contributed by atoms with Gasteiger partial charge < -0.3 is 18.3 Å². The molecular formula is C15H8O6. The monoisotopic (exact) mass is 284 g/mol. The molecule has 0 unspecified atom stereocenters. The molecule has 3 aromatic rings. The lowest BCUT2D eigenvalue weighted by Crippen LogP contribution is -2.48. The van der Waals surface area contributed by atoms with Crippen LogP contribution in [0.1, 0.15) is 11.1 Å². The van der Waals surface area contributed by atoms with Crippen molar-refractivity contribution in [3.8, 4) is 0 Å². The van der Waals surface area contributed by atoms with Crippen molar-refractivity contribution in [1.82, 2.24) is 0 Å². The first-order valence-electron chi connectivity index (χ1n) is 6.20. The standard InChI is InChI=1S/C15H8O6/c16-13-18-11-8-4-7-10(12(11)19-13)15(20-14(17)21-15)9-5-2-1-3-6-9/h1-8H. The van der Waals surface area contributed by atoms with Gasteiger partial charge in [0.25, 0.3) is 0 Å². The molecule has 104 valence electrons. The zero-order chi connectivity index (χ0) is 14.4. The lowest BCUT2D eigenvalue weighted by Gasteiger charge is -2.39. The second-order valence-corrected chi connectivity index (χ2v) is 4.52. The van der Waals surface area contributed by atoms with Crippen molar-refractivity contribution in [2.75, 3.05) is 0 Å². The largest absolute Gasteiger partial charge is 0.519 e. The molecule has 21 heavy (non-hydrogen) atoms. The van der Waals surface area contributed by atoms with Gasteiger partial charge in [0.15, 0.2) is 11.2 Å². The fourth-order valence-corrected chi connectivity index (χ4v) is 2.44. The number of hydrogen-bond donors (Lipinski definition) is 0. The molecule has 4 rings (SSSR count). The number of fused-ring (bicyclic) bond motifs is 1. The van der Waals surface area contributed by atoms with Gasteiger partial charge in [-0.1, -0.05) is 36.4 Å². The van der Waals surface area contributed by atoms with Gasteiger partial charge in [-0.2, -0.15) is 0 Å². The van der Waals surface area contributed by atoms with Crippen molar-refractivity contribution in [3.63, 3.8) is 0 Å². The van der Waals surface area contributed by atoms with E-state index in [0.29, 0.717) is 11.1 Å². The van der Waals surface area contributed by atoms with Crippen molar-refractivity contribution < 1.29 is 23.1 Å². The number of carbonyl (C=O) groups excluding carboxylic acids is 1. The predicted octanol–water partition coefficient (Wildman–Crippen LogP) is 2.75. The van der Waals surface area contributed by atoms with E-state index >= 15 is 0 Å². The van der Waals surface area contributed by atoms with E-state index in [2.05, 4.69) is 0 Å². The highest BCUT2D eigenvalue weighted by molar-refractivity contribution is 5.79. The molecular weight excluding hydrogens is 276 g/mol. The lowest BCUT2D eigenvalue weighted by atomic mass is 9.95. The SMILES string of the molecule is O=C1OC(c2ccccc2)(c2cccc3oc(=O)oc23)O1. The van der Waals surface area contributed by atoms with Crippen LogP contribution in [0.2, 0.25) is 0 Å². The number of carbonyl (C=O) groups is 1. The summed E-state index contributed by atoms with van der Waals surface area (Å²) < 4.78 is 20.5. The highest BCUT2D eigenvalue weighted by Crippen LogP contribution is 2.44. The third kappa shape index (κ3) is 1.59. The van der Waals surface area contributed by atoms with Crippen LogP contribution in [0.25, 0.3) is 11.2 Å². The molecule has 1 aliphatic heterocycles. The minimum absolute atomic E-state index is 0.193. The zero-order valence-electron chi connectivity index (χ0n) is 10.6. The third-order valence-electron chi connectivity index (χ3n) is 3.32. The van der Waals surface area contributed by atoms with Crippen molar-refractivity contribution >= 4 is 17.3 Å². The summed E-state index contributed by atoms with van der Waals surface area (Å²) in [6.45, 7) is 0. The lowest BCUT2D eigenvalue weighted by molar-refractivity contribution is -0.253. The molecule has 6 heteroatoms. The van der Waals surface area contributed by atoms with Crippen molar-refractivity contribution in [1.29, 1.82) is 0 Å². The number of cyclic esters (lactones) is 2. The molecule has 1 aromatic heterocycles. The highest BCUT2D eigenvalue weighted by Gasteiger charge is 2.54. The minimum atomic E-state index is -1.42. The van der Waals surface area contributed by atoms with Gasteiger partial charge in [0.05, 0.1) is 5.56 Å². The Labute approximate surface area is 117 Å². The fraction of sp³-hybridized carbons (Fsp3) is 0.0667. The summed E-state index contributed by atoms with van der Waals surface area (Å²) >= 11 is 0. The van der Waals surface area contributed by atoms with E-state index in [1.54, 1.807) is 42.5 Å². The Morgan fingerprint density at radius 2 is 1.57 bits per heavy atom. The second-order valence-electron chi connectivity index (χ2n) is 4.52. The van der Waals surface area contributed by atoms with Crippen LogP contribution < -0.4 is 5.82 Å². The molecule has 0 amide bonds. The molecule has 1 aliphatic rings. The molecule has 2 heterocycles. The molecule has 2 aromatic carbocycles. The number of benzene rings is 2. The normalized spacial score (nSPS) is 16.1. The van der Waals surface area contributed by atoms with E-state index in [-0.39, 0.29) is 11.2 Å². The first kappa shape index (κ1) is 11.8. The molecule has 1 fully saturated rings. The zero-order valence-corrected chi connectivity index (χ0v) is 10.6. The van der Waals surface area contributed by atoms with Crippen LogP contribution in [0, 0.1) is 0 Å². The van der Waals surface area contributed by atoms with Gasteiger partial charge in [-0.3, -0.25) is 0 Å². The number of ether oxygens (including phenoxy) is 2. The summed E-state index contributed by atoms with van der Waals surface area (Å²) in [5.41, 5.74) is 1.47. The Kier molecular flexibility index (Phi) is 2.24. The van der Waals surface area contributed by atoms with Crippen molar-refractivity contribution in [2.45, 2.75) is 5.79 Å². The summed E-state index contributed by atoms with van der Waals surface area (Å²) in [6, 6.07) is 13.8. The maximum Gasteiger partial charge on any atom is 0.519 e. The van der Waals surface area contributed by atoms with Crippen LogP contribution in [0.3, 0.4) is 0 Å². The van der Waals surface area contributed by atoms with Crippen LogP contribution in [0.15, 0.2) is 62.2 Å². The van der Waals surface area contributed by atoms with Crippen LogP contribution in [-0.4, -0.2) is 6.16 Å². The summed E-state index contributed by atoms with van der Waals surface area (Å²) in [7, 11) is 0. The van der Waals surface area contributed by atoms with Gasteiger partial charge in [-0.25, -0.2) is 9.59 Å². The fourth-order valence-electron chi connectivity index (χ4n) is 2.44. The quantitative estimate of drug-likeness (QED) is 0.673. The summed E-state index contributed by atoms with van der Waals surface area (Å²) in [4.78, 5) is 22.5. The molecule has 0 atom stereocenters. The van der Waals surface area contributed by atoms with E-state index in [1.165, 1.54) is 0 Å². The van der Waals surface area contributed by atoms with Gasteiger partial charge in [0.2, 0.25) is 0 Å². The second kappa shape index (κ2) is 3.99. The average Bonchev–Trinajstić information content (AvgIpc) is 2.85. The molecule has 1 saturated heterocycles. The first-order valence-corrected chi connectivity index (χ1v) is 6.20. The smallest absolute Gasteiger partial charge is 0.391 e. The number of rotatable bonds is 2. The van der Waals surface area contributed by atoms with E-state index < -0.39 is 17.8 Å². The molecule has 0 aliphatic carbocycles. The van der Waals surface area contributed by atoms with Crippen LogP contribution in [0.5, 0.6) is 0 Å². The maximum atomic E-state index is 11.3.